The van der Waals surface area contributed by atoms with Crippen molar-refractivity contribution in [1.82, 2.24) is 5.32 Å². The number of aliphatic hydroxyl groups is 1. The van der Waals surface area contributed by atoms with Crippen molar-refractivity contribution in [2.75, 3.05) is 6.54 Å². The third-order valence-corrected chi connectivity index (χ3v) is 3.50. The summed E-state index contributed by atoms with van der Waals surface area (Å²) in [5.74, 6) is 0.823. The summed E-state index contributed by atoms with van der Waals surface area (Å²) >= 11 is 0. The van der Waals surface area contributed by atoms with E-state index in [2.05, 4.69) is 5.32 Å². The standard InChI is InChI=1S/C17H27NO3/c1-5-13(4)15(19)11-18-17(20)10-14-8-6-7-9-16(14)21-12(2)3/h6-9,12-13,15,19H,5,10-11H2,1-4H3,(H,18,20). The molecule has 2 unspecified atom stereocenters. The fraction of sp³-hybridized carbons (Fsp3) is 0.588. The number of carbonyl (C=O) groups excluding carboxylic acids is 1. The fourth-order valence-electron chi connectivity index (χ4n) is 1.95. The Bertz CT molecular complexity index is 445. The van der Waals surface area contributed by atoms with Crippen LogP contribution in [0.2, 0.25) is 0 Å². The van der Waals surface area contributed by atoms with Crippen molar-refractivity contribution in [1.29, 1.82) is 0 Å². The van der Waals surface area contributed by atoms with Gasteiger partial charge >= 0.3 is 0 Å². The number of hydrogen-bond acceptors (Lipinski definition) is 3. The molecule has 4 nitrogen and oxygen atoms in total. The SMILES string of the molecule is CCC(C)C(O)CNC(=O)Cc1ccccc1OC(C)C. The zero-order valence-electron chi connectivity index (χ0n) is 13.4. The Labute approximate surface area is 127 Å². The van der Waals surface area contributed by atoms with Gasteiger partial charge in [0.15, 0.2) is 0 Å². The number of hydrogen-bond donors (Lipinski definition) is 2. The molecule has 4 heteroatoms. The number of benzene rings is 1. The van der Waals surface area contributed by atoms with Gasteiger partial charge in [0.25, 0.3) is 0 Å². The Morgan fingerprint density at radius 1 is 1.29 bits per heavy atom. The van der Waals surface area contributed by atoms with E-state index in [1.54, 1.807) is 0 Å². The normalized spacial score (nSPS) is 13.8. The molecule has 0 heterocycles. The minimum absolute atomic E-state index is 0.0708. The summed E-state index contributed by atoms with van der Waals surface area (Å²) in [6.07, 6.45) is 0.723. The number of ether oxygens (including phenoxy) is 1. The van der Waals surface area contributed by atoms with E-state index in [4.69, 9.17) is 4.74 Å². The van der Waals surface area contributed by atoms with Crippen LogP contribution in [-0.4, -0.2) is 29.8 Å². The van der Waals surface area contributed by atoms with Gasteiger partial charge in [-0.25, -0.2) is 0 Å². The highest BCUT2D eigenvalue weighted by Gasteiger charge is 2.14. The van der Waals surface area contributed by atoms with E-state index in [1.807, 2.05) is 52.0 Å². The van der Waals surface area contributed by atoms with Crippen molar-refractivity contribution in [3.63, 3.8) is 0 Å². The Hall–Kier alpha value is -1.55. The lowest BCUT2D eigenvalue weighted by molar-refractivity contribution is -0.121. The topological polar surface area (TPSA) is 58.6 Å². The van der Waals surface area contributed by atoms with Gasteiger partial charge in [-0.15, -0.1) is 0 Å². The average Bonchev–Trinajstić information content (AvgIpc) is 2.45. The molecule has 1 aromatic rings. The number of para-hydroxylation sites is 1. The van der Waals surface area contributed by atoms with Crippen LogP contribution in [0.25, 0.3) is 0 Å². The van der Waals surface area contributed by atoms with Crippen molar-refractivity contribution in [3.05, 3.63) is 29.8 Å². The van der Waals surface area contributed by atoms with Crippen molar-refractivity contribution < 1.29 is 14.6 Å². The van der Waals surface area contributed by atoms with Gasteiger partial charge < -0.3 is 15.2 Å². The van der Waals surface area contributed by atoms with Gasteiger partial charge in [0, 0.05) is 12.1 Å². The number of aliphatic hydroxyl groups excluding tert-OH is 1. The summed E-state index contributed by atoms with van der Waals surface area (Å²) in [5.41, 5.74) is 0.863. The van der Waals surface area contributed by atoms with E-state index in [-0.39, 0.29) is 24.3 Å². The van der Waals surface area contributed by atoms with E-state index in [9.17, 15) is 9.90 Å². The number of amides is 1. The Kier molecular flexibility index (Phi) is 7.23. The van der Waals surface area contributed by atoms with Crippen LogP contribution in [0.4, 0.5) is 0 Å². The third-order valence-electron chi connectivity index (χ3n) is 3.50. The molecule has 0 spiro atoms. The molecule has 0 aromatic heterocycles. The first-order valence-corrected chi connectivity index (χ1v) is 7.63. The largest absolute Gasteiger partial charge is 0.491 e. The smallest absolute Gasteiger partial charge is 0.224 e. The molecule has 0 aliphatic carbocycles. The molecule has 0 saturated heterocycles. The first-order chi connectivity index (χ1) is 9.93. The Morgan fingerprint density at radius 3 is 2.57 bits per heavy atom. The van der Waals surface area contributed by atoms with E-state index in [0.717, 1.165) is 17.7 Å². The number of nitrogens with one attached hydrogen (secondary N) is 1. The highest BCUT2D eigenvalue weighted by atomic mass is 16.5. The van der Waals surface area contributed by atoms with Crippen molar-refractivity contribution in [2.24, 2.45) is 5.92 Å². The van der Waals surface area contributed by atoms with E-state index in [0.29, 0.717) is 6.54 Å². The average molecular weight is 293 g/mol. The van der Waals surface area contributed by atoms with Gasteiger partial charge in [0.05, 0.1) is 18.6 Å². The van der Waals surface area contributed by atoms with Crippen molar-refractivity contribution in [3.8, 4) is 5.75 Å². The molecule has 0 aliphatic rings. The molecule has 21 heavy (non-hydrogen) atoms. The second kappa shape index (κ2) is 8.67. The van der Waals surface area contributed by atoms with Gasteiger partial charge in [-0.2, -0.15) is 0 Å². The minimum Gasteiger partial charge on any atom is -0.491 e. The monoisotopic (exact) mass is 293 g/mol. The first-order valence-electron chi connectivity index (χ1n) is 7.63. The van der Waals surface area contributed by atoms with Crippen LogP contribution in [0.5, 0.6) is 5.75 Å². The molecule has 2 N–H and O–H groups in total. The molecule has 2 atom stereocenters. The minimum atomic E-state index is -0.499. The van der Waals surface area contributed by atoms with Gasteiger partial charge in [0.1, 0.15) is 5.75 Å². The molecule has 0 aliphatic heterocycles. The van der Waals surface area contributed by atoms with Gasteiger partial charge in [-0.1, -0.05) is 38.5 Å². The fourth-order valence-corrected chi connectivity index (χ4v) is 1.95. The summed E-state index contributed by atoms with van der Waals surface area (Å²) < 4.78 is 5.70. The van der Waals surface area contributed by atoms with Crippen LogP contribution in [-0.2, 0) is 11.2 Å². The highest BCUT2D eigenvalue weighted by molar-refractivity contribution is 5.79. The first kappa shape index (κ1) is 17.5. The second-order valence-electron chi connectivity index (χ2n) is 5.71. The third kappa shape index (κ3) is 6.17. The molecule has 0 radical (unpaired) electrons. The zero-order chi connectivity index (χ0) is 15.8. The van der Waals surface area contributed by atoms with Crippen LogP contribution in [0.1, 0.15) is 39.7 Å². The summed E-state index contributed by atoms with van der Waals surface area (Å²) in [7, 11) is 0. The molecule has 118 valence electrons. The maximum absolute atomic E-state index is 12.0. The summed E-state index contributed by atoms with van der Waals surface area (Å²) in [4.78, 5) is 12.0. The summed E-state index contributed by atoms with van der Waals surface area (Å²) in [6, 6.07) is 7.55. The molecule has 1 amide bonds. The second-order valence-corrected chi connectivity index (χ2v) is 5.71. The van der Waals surface area contributed by atoms with Crippen LogP contribution in [0.15, 0.2) is 24.3 Å². The van der Waals surface area contributed by atoms with Gasteiger partial charge in [0.2, 0.25) is 5.91 Å². The lowest BCUT2D eigenvalue weighted by Crippen LogP contribution is -2.36. The molecule has 0 saturated carbocycles. The lowest BCUT2D eigenvalue weighted by Gasteiger charge is -2.18. The van der Waals surface area contributed by atoms with E-state index < -0.39 is 6.10 Å². The van der Waals surface area contributed by atoms with Crippen molar-refractivity contribution >= 4 is 5.91 Å². The zero-order valence-corrected chi connectivity index (χ0v) is 13.4. The molecular weight excluding hydrogens is 266 g/mol. The summed E-state index contributed by atoms with van der Waals surface area (Å²) in [6.45, 7) is 8.21. The predicted octanol–water partition coefficient (Wildman–Crippen LogP) is 2.54. The lowest BCUT2D eigenvalue weighted by atomic mass is 10.0. The quantitative estimate of drug-likeness (QED) is 0.774. The molecule has 0 bridgehead atoms. The molecule has 1 aromatic carbocycles. The van der Waals surface area contributed by atoms with Crippen LogP contribution >= 0.6 is 0 Å². The highest BCUT2D eigenvalue weighted by Crippen LogP contribution is 2.19. The summed E-state index contributed by atoms with van der Waals surface area (Å²) in [5, 5.41) is 12.6. The molecule has 1 rings (SSSR count). The van der Waals surface area contributed by atoms with Crippen LogP contribution in [0.3, 0.4) is 0 Å². The molecule has 0 fully saturated rings. The Balaban J connectivity index is 2.55. The van der Waals surface area contributed by atoms with E-state index >= 15 is 0 Å². The number of rotatable bonds is 8. The van der Waals surface area contributed by atoms with Crippen LogP contribution < -0.4 is 10.1 Å². The van der Waals surface area contributed by atoms with Crippen molar-refractivity contribution in [2.45, 2.75) is 52.7 Å². The Morgan fingerprint density at radius 2 is 1.95 bits per heavy atom. The maximum Gasteiger partial charge on any atom is 0.224 e. The van der Waals surface area contributed by atoms with Crippen LogP contribution in [0, 0.1) is 5.92 Å². The van der Waals surface area contributed by atoms with Gasteiger partial charge in [-0.3, -0.25) is 4.79 Å². The van der Waals surface area contributed by atoms with E-state index in [1.165, 1.54) is 0 Å². The number of carbonyl (C=O) groups is 1. The predicted molar refractivity (Wildman–Crippen MR) is 84.4 cm³/mol. The molecular formula is C17H27NO3. The van der Waals surface area contributed by atoms with Gasteiger partial charge in [-0.05, 0) is 25.8 Å². The maximum atomic E-state index is 12.0.